The van der Waals surface area contributed by atoms with Gasteiger partial charge in [-0.05, 0) is 55.3 Å². The maximum atomic E-state index is 5.79. The minimum absolute atomic E-state index is 0.753. The van der Waals surface area contributed by atoms with Gasteiger partial charge >= 0.3 is 0 Å². The lowest BCUT2D eigenvalue weighted by Crippen LogP contribution is -1.97. The van der Waals surface area contributed by atoms with Gasteiger partial charge in [0.15, 0.2) is 0 Å². The molecule has 0 amide bonds. The van der Waals surface area contributed by atoms with Crippen molar-refractivity contribution in [3.63, 3.8) is 0 Å². The van der Waals surface area contributed by atoms with Crippen LogP contribution in [-0.2, 0) is 0 Å². The zero-order valence-electron chi connectivity index (χ0n) is 16.9. The van der Waals surface area contributed by atoms with Gasteiger partial charge in [-0.25, -0.2) is 9.97 Å². The topological polar surface area (TPSA) is 75.9 Å². The van der Waals surface area contributed by atoms with Crippen LogP contribution in [0.2, 0.25) is 0 Å². The van der Waals surface area contributed by atoms with E-state index in [1.807, 2.05) is 92.8 Å². The van der Waals surface area contributed by atoms with Crippen LogP contribution in [0.5, 0.6) is 0 Å². The number of nitrogen functional groups attached to an aromatic ring is 1. The zero-order chi connectivity index (χ0) is 21.3. The first kappa shape index (κ1) is 21.3. The fourth-order valence-electron chi connectivity index (χ4n) is 2.51. The maximum Gasteiger partial charge on any atom is 0.132 e. The third-order valence-corrected chi connectivity index (χ3v) is 5.13. The fraction of sp³-hybridized carbons (Fsp3) is 0.0833. The number of nitrogens with one attached hydrogen (secondary N) is 2. The second-order valence-electron chi connectivity index (χ2n) is 6.73. The summed E-state index contributed by atoms with van der Waals surface area (Å²) in [4.78, 5) is 8.54. The fourth-order valence-corrected chi connectivity index (χ4v) is 2.83. The number of halogens is 1. The molecule has 0 saturated carbocycles. The van der Waals surface area contributed by atoms with Crippen molar-refractivity contribution in [1.82, 2.24) is 9.97 Å². The SMILES string of the molecule is Cc1cnc(Nc2ccccc2)cc1Br.Cc1cnc(Nc2ccccc2)cc1N. The van der Waals surface area contributed by atoms with Gasteiger partial charge in [0.05, 0.1) is 0 Å². The molecule has 5 nitrogen and oxygen atoms in total. The Balaban J connectivity index is 0.000000171. The van der Waals surface area contributed by atoms with Gasteiger partial charge in [-0.1, -0.05) is 52.3 Å². The van der Waals surface area contributed by atoms with Crippen molar-refractivity contribution >= 4 is 44.6 Å². The van der Waals surface area contributed by atoms with Crippen LogP contribution in [0.1, 0.15) is 11.1 Å². The molecular formula is C24H24BrN5. The van der Waals surface area contributed by atoms with Crippen LogP contribution in [0.4, 0.5) is 28.7 Å². The van der Waals surface area contributed by atoms with Gasteiger partial charge < -0.3 is 16.4 Å². The molecule has 4 aromatic rings. The number of pyridine rings is 2. The third-order valence-electron chi connectivity index (χ3n) is 4.27. The van der Waals surface area contributed by atoms with Crippen LogP contribution in [-0.4, -0.2) is 9.97 Å². The molecule has 2 aromatic carbocycles. The quantitative estimate of drug-likeness (QED) is 0.318. The van der Waals surface area contributed by atoms with Crippen molar-refractivity contribution in [1.29, 1.82) is 0 Å². The molecule has 0 atom stereocenters. The van der Waals surface area contributed by atoms with Gasteiger partial charge in [0, 0.05) is 40.0 Å². The summed E-state index contributed by atoms with van der Waals surface area (Å²) < 4.78 is 1.07. The van der Waals surface area contributed by atoms with E-state index in [1.54, 1.807) is 6.20 Å². The van der Waals surface area contributed by atoms with E-state index < -0.39 is 0 Å². The molecule has 0 saturated heterocycles. The molecule has 0 aliphatic rings. The van der Waals surface area contributed by atoms with Gasteiger partial charge in [0.1, 0.15) is 11.6 Å². The number of aryl methyl sites for hydroxylation is 2. The molecule has 0 unspecified atom stereocenters. The highest BCUT2D eigenvalue weighted by molar-refractivity contribution is 9.10. The van der Waals surface area contributed by atoms with Crippen molar-refractivity contribution in [2.75, 3.05) is 16.4 Å². The van der Waals surface area contributed by atoms with Crippen molar-refractivity contribution in [3.05, 3.63) is 101 Å². The molecule has 0 aliphatic heterocycles. The first-order valence-electron chi connectivity index (χ1n) is 9.49. The molecule has 2 aromatic heterocycles. The van der Waals surface area contributed by atoms with E-state index >= 15 is 0 Å². The molecule has 0 bridgehead atoms. The summed E-state index contributed by atoms with van der Waals surface area (Å²) in [7, 11) is 0. The Morgan fingerprint density at radius 3 is 1.63 bits per heavy atom. The third kappa shape index (κ3) is 6.32. The first-order valence-corrected chi connectivity index (χ1v) is 10.3. The smallest absolute Gasteiger partial charge is 0.132 e. The summed E-state index contributed by atoms with van der Waals surface area (Å²) in [5, 5.41) is 6.41. The number of anilines is 5. The molecule has 30 heavy (non-hydrogen) atoms. The summed E-state index contributed by atoms with van der Waals surface area (Å²) >= 11 is 3.48. The molecular weight excluding hydrogens is 438 g/mol. The molecule has 0 spiro atoms. The average Bonchev–Trinajstić information content (AvgIpc) is 2.75. The summed E-state index contributed by atoms with van der Waals surface area (Å²) in [6.45, 7) is 3.96. The molecule has 0 radical (unpaired) electrons. The van der Waals surface area contributed by atoms with Crippen LogP contribution in [0.15, 0.2) is 89.7 Å². The number of hydrogen-bond acceptors (Lipinski definition) is 5. The second-order valence-corrected chi connectivity index (χ2v) is 7.58. The number of nitrogens with two attached hydrogens (primary N) is 1. The van der Waals surface area contributed by atoms with Crippen molar-refractivity contribution in [3.8, 4) is 0 Å². The molecule has 2 heterocycles. The number of aromatic nitrogens is 2. The van der Waals surface area contributed by atoms with E-state index in [1.165, 1.54) is 0 Å². The molecule has 152 valence electrons. The number of rotatable bonds is 4. The Morgan fingerprint density at radius 2 is 1.17 bits per heavy atom. The van der Waals surface area contributed by atoms with Crippen molar-refractivity contribution in [2.24, 2.45) is 0 Å². The van der Waals surface area contributed by atoms with E-state index in [9.17, 15) is 0 Å². The van der Waals surface area contributed by atoms with Gasteiger partial charge in [-0.3, -0.25) is 0 Å². The van der Waals surface area contributed by atoms with Gasteiger partial charge in [0.2, 0.25) is 0 Å². The normalized spacial score (nSPS) is 9.97. The monoisotopic (exact) mass is 461 g/mol. The number of hydrogen-bond donors (Lipinski definition) is 3. The lowest BCUT2D eigenvalue weighted by atomic mass is 10.2. The first-order chi connectivity index (χ1) is 14.5. The highest BCUT2D eigenvalue weighted by atomic mass is 79.9. The number of para-hydroxylation sites is 2. The highest BCUT2D eigenvalue weighted by Gasteiger charge is 1.99. The van der Waals surface area contributed by atoms with Gasteiger partial charge in [0.25, 0.3) is 0 Å². The summed E-state index contributed by atoms with van der Waals surface area (Å²) in [5.74, 6) is 1.61. The lowest BCUT2D eigenvalue weighted by Gasteiger charge is -2.06. The lowest BCUT2D eigenvalue weighted by molar-refractivity contribution is 1.24. The highest BCUT2D eigenvalue weighted by Crippen LogP contribution is 2.21. The summed E-state index contributed by atoms with van der Waals surface area (Å²) in [6, 6.07) is 23.7. The molecule has 4 N–H and O–H groups in total. The maximum absolute atomic E-state index is 5.79. The molecule has 0 aliphatic carbocycles. The minimum atomic E-state index is 0.753. The van der Waals surface area contributed by atoms with Crippen molar-refractivity contribution < 1.29 is 0 Å². The molecule has 4 rings (SSSR count). The van der Waals surface area contributed by atoms with E-state index in [0.29, 0.717) is 0 Å². The summed E-state index contributed by atoms with van der Waals surface area (Å²) in [5.41, 5.74) is 10.7. The Hall–Kier alpha value is -3.38. The van der Waals surface area contributed by atoms with Crippen LogP contribution in [0, 0.1) is 13.8 Å². The van der Waals surface area contributed by atoms with Crippen LogP contribution >= 0.6 is 15.9 Å². The molecule has 0 fully saturated rings. The second kappa shape index (κ2) is 10.4. The van der Waals surface area contributed by atoms with E-state index in [0.717, 1.165) is 44.3 Å². The molecule has 6 heteroatoms. The van der Waals surface area contributed by atoms with Crippen molar-refractivity contribution in [2.45, 2.75) is 13.8 Å². The Labute approximate surface area is 185 Å². The number of nitrogens with zero attached hydrogens (tertiary/aromatic N) is 2. The Morgan fingerprint density at radius 1 is 0.700 bits per heavy atom. The van der Waals surface area contributed by atoms with Gasteiger partial charge in [-0.15, -0.1) is 0 Å². The van der Waals surface area contributed by atoms with Crippen LogP contribution < -0.4 is 16.4 Å². The largest absolute Gasteiger partial charge is 0.398 e. The Bertz CT molecular complexity index is 996. The minimum Gasteiger partial charge on any atom is -0.398 e. The van der Waals surface area contributed by atoms with Crippen LogP contribution in [0.25, 0.3) is 0 Å². The summed E-state index contributed by atoms with van der Waals surface area (Å²) in [6.07, 6.45) is 3.61. The standard InChI is InChI=1S/C12H11BrN2.C12H13N3/c2*1-9-8-14-12(7-11(9)13)15-10-5-3-2-4-6-10/h2-8H,1H3,(H,14,15);2-8H,1H3,(H3,13,14,15). The van der Waals surface area contributed by atoms with E-state index in [-0.39, 0.29) is 0 Å². The van der Waals surface area contributed by atoms with E-state index in [2.05, 4.69) is 36.5 Å². The van der Waals surface area contributed by atoms with Gasteiger partial charge in [-0.2, -0.15) is 0 Å². The predicted octanol–water partition coefficient (Wildman–Crippen LogP) is 6.61. The zero-order valence-corrected chi connectivity index (χ0v) is 18.5. The van der Waals surface area contributed by atoms with Crippen LogP contribution in [0.3, 0.4) is 0 Å². The predicted molar refractivity (Wildman–Crippen MR) is 130 cm³/mol. The number of benzene rings is 2. The average molecular weight is 462 g/mol. The Kier molecular flexibility index (Phi) is 7.40. The van der Waals surface area contributed by atoms with E-state index in [4.69, 9.17) is 5.73 Å².